The summed E-state index contributed by atoms with van der Waals surface area (Å²) in [5.74, 6) is -2.67. The molecule has 2 saturated carbocycles. The Kier molecular flexibility index (Phi) is 10.1. The van der Waals surface area contributed by atoms with Gasteiger partial charge in [-0.3, -0.25) is 34.3 Å². The van der Waals surface area contributed by atoms with Crippen molar-refractivity contribution in [2.24, 2.45) is 23.0 Å². The van der Waals surface area contributed by atoms with Crippen molar-refractivity contribution in [1.29, 1.82) is 0 Å². The molecule has 0 unspecified atom stereocenters. The van der Waals surface area contributed by atoms with Gasteiger partial charge in [-0.05, 0) is 54.7 Å². The van der Waals surface area contributed by atoms with Gasteiger partial charge in [0.15, 0.2) is 0 Å². The van der Waals surface area contributed by atoms with Crippen molar-refractivity contribution < 1.29 is 28.8 Å². The molecule has 1 aromatic carbocycles. The number of hydrogen-bond acceptors (Lipinski definition) is 7. The average Bonchev–Trinajstić information content (AvgIpc) is 3.60. The van der Waals surface area contributed by atoms with E-state index in [2.05, 4.69) is 16.1 Å². The van der Waals surface area contributed by atoms with Gasteiger partial charge in [-0.25, -0.2) is 0 Å². The van der Waals surface area contributed by atoms with Crippen LogP contribution in [0.1, 0.15) is 90.5 Å². The van der Waals surface area contributed by atoms with Crippen molar-refractivity contribution in [3.8, 4) is 0 Å². The molecule has 1 spiro atoms. The molecule has 0 radical (unpaired) electrons. The summed E-state index contributed by atoms with van der Waals surface area (Å²) in [6.07, 6.45) is 9.76. The molecule has 250 valence electrons. The monoisotopic (exact) mass is 655 g/mol. The van der Waals surface area contributed by atoms with E-state index in [4.69, 9.17) is 22.2 Å². The predicted molar refractivity (Wildman–Crippen MR) is 173 cm³/mol. The number of nitrogens with one attached hydrogen (secondary N) is 3. The van der Waals surface area contributed by atoms with Crippen LogP contribution in [-0.4, -0.2) is 64.6 Å². The molecule has 1 aromatic rings. The molecule has 0 aromatic heterocycles. The zero-order valence-electron chi connectivity index (χ0n) is 26.9. The molecule has 0 bridgehead atoms. The number of nitrogens with two attached hydrogens (primary N) is 1. The molecule has 2 aliphatic carbocycles. The van der Waals surface area contributed by atoms with E-state index in [0.717, 1.165) is 44.1 Å². The summed E-state index contributed by atoms with van der Waals surface area (Å²) in [4.78, 5) is 73.8. The SMILES string of the molecule is CC(C)(C)[C@H](NC(=O)CC1CCCCC1)C(=O)N1C[C@@]2(C=C(c3cccc(Cl)c3)NO2)C[C@H]1C(=O)N[C@@H](CC1CC1)C(=O)C(N)=O. The van der Waals surface area contributed by atoms with E-state index in [1.807, 2.05) is 39.0 Å². The molecule has 2 aliphatic heterocycles. The van der Waals surface area contributed by atoms with Gasteiger partial charge >= 0.3 is 0 Å². The van der Waals surface area contributed by atoms with Crippen LogP contribution in [0.5, 0.6) is 0 Å². The van der Waals surface area contributed by atoms with Crippen LogP contribution in [0.2, 0.25) is 5.02 Å². The Balaban J connectivity index is 1.42. The lowest BCUT2D eigenvalue weighted by atomic mass is 9.84. The number of hydroxylamine groups is 1. The highest BCUT2D eigenvalue weighted by Gasteiger charge is 2.54. The molecule has 3 fully saturated rings. The molecule has 46 heavy (non-hydrogen) atoms. The number of amides is 4. The van der Waals surface area contributed by atoms with Crippen LogP contribution in [0.3, 0.4) is 0 Å². The summed E-state index contributed by atoms with van der Waals surface area (Å²) in [5.41, 5.74) is 7.92. The molecular weight excluding hydrogens is 610 g/mol. The highest BCUT2D eigenvalue weighted by molar-refractivity contribution is 6.37. The number of Topliss-reactive ketones (excluding diaryl/α,β-unsaturated/α-hetero) is 1. The second-order valence-electron chi connectivity index (χ2n) is 14.6. The number of carbonyl (C=O) groups is 5. The highest BCUT2D eigenvalue weighted by Crippen LogP contribution is 2.39. The van der Waals surface area contributed by atoms with Crippen LogP contribution in [0.25, 0.3) is 5.70 Å². The van der Waals surface area contributed by atoms with Gasteiger partial charge in [-0.1, -0.05) is 76.6 Å². The first-order valence-electron chi connectivity index (χ1n) is 16.4. The molecular formula is C34H46ClN5O6. The topological polar surface area (TPSA) is 160 Å². The first-order chi connectivity index (χ1) is 21.7. The van der Waals surface area contributed by atoms with Crippen LogP contribution >= 0.6 is 11.6 Å². The summed E-state index contributed by atoms with van der Waals surface area (Å²) in [6, 6.07) is 4.16. The van der Waals surface area contributed by atoms with Crippen LogP contribution in [-0.2, 0) is 28.8 Å². The summed E-state index contributed by atoms with van der Waals surface area (Å²) in [6.45, 7) is 5.64. The lowest BCUT2D eigenvalue weighted by molar-refractivity contribution is -0.145. The van der Waals surface area contributed by atoms with Crippen molar-refractivity contribution in [3.63, 3.8) is 0 Å². The zero-order chi connectivity index (χ0) is 33.2. The Hall–Kier alpha value is -3.44. The van der Waals surface area contributed by atoms with Crippen LogP contribution in [0.15, 0.2) is 30.3 Å². The Morgan fingerprint density at radius 1 is 1.07 bits per heavy atom. The number of ketones is 1. The minimum absolute atomic E-state index is 0.0170. The molecule has 12 heteroatoms. The first-order valence-corrected chi connectivity index (χ1v) is 16.8. The molecule has 1 saturated heterocycles. The molecule has 11 nitrogen and oxygen atoms in total. The van der Waals surface area contributed by atoms with Crippen LogP contribution in [0.4, 0.5) is 0 Å². The van der Waals surface area contributed by atoms with E-state index in [1.54, 1.807) is 12.1 Å². The number of benzene rings is 1. The van der Waals surface area contributed by atoms with Gasteiger partial charge < -0.3 is 21.3 Å². The molecule has 5 N–H and O–H groups in total. The minimum atomic E-state index is -1.12. The number of carbonyl (C=O) groups excluding carboxylic acids is 5. The molecule has 4 aliphatic rings. The molecule has 4 atom stereocenters. The molecule has 5 rings (SSSR count). The minimum Gasteiger partial charge on any atom is -0.363 e. The Labute approximate surface area is 275 Å². The van der Waals surface area contributed by atoms with E-state index >= 15 is 0 Å². The maximum absolute atomic E-state index is 14.5. The third-order valence-electron chi connectivity index (χ3n) is 9.60. The first kappa shape index (κ1) is 33.9. The van der Waals surface area contributed by atoms with E-state index in [-0.39, 0.29) is 30.7 Å². The van der Waals surface area contributed by atoms with Gasteiger partial charge in [0, 0.05) is 23.4 Å². The number of rotatable bonds is 11. The average molecular weight is 656 g/mol. The lowest BCUT2D eigenvalue weighted by Gasteiger charge is -2.36. The van der Waals surface area contributed by atoms with Crippen molar-refractivity contribution >= 4 is 46.7 Å². The Morgan fingerprint density at radius 3 is 2.41 bits per heavy atom. The number of nitrogens with zero attached hydrogens (tertiary/aromatic N) is 1. The standard InChI is InChI=1S/C34H46ClN5O6/c1-33(2,3)29(38-27(41)15-20-8-5-4-6-9-20)32(45)40-19-34(17-25(39-46-34)22-10-7-11-23(35)16-22)18-26(40)31(44)37-24(14-21-12-13-21)28(42)30(36)43/h7,10-11,16-17,20-21,24,26,29,39H,4-6,8-9,12-15,18-19H2,1-3H3,(H2,36,43)(H,37,44)(H,38,41)/t24-,26-,29+,34+/m0/s1. The van der Waals surface area contributed by atoms with Gasteiger partial charge in [0.2, 0.25) is 23.5 Å². The van der Waals surface area contributed by atoms with Gasteiger partial charge in [0.05, 0.1) is 18.3 Å². The second-order valence-corrected chi connectivity index (χ2v) is 15.0. The smallest absolute Gasteiger partial charge is 0.287 e. The van der Waals surface area contributed by atoms with Crippen molar-refractivity contribution in [3.05, 3.63) is 40.9 Å². The van der Waals surface area contributed by atoms with E-state index in [0.29, 0.717) is 23.6 Å². The second kappa shape index (κ2) is 13.7. The maximum Gasteiger partial charge on any atom is 0.287 e. The van der Waals surface area contributed by atoms with Crippen molar-refractivity contribution in [2.75, 3.05) is 6.54 Å². The third kappa shape index (κ3) is 8.09. The quantitative estimate of drug-likeness (QED) is 0.266. The fourth-order valence-electron chi connectivity index (χ4n) is 6.87. The fourth-order valence-corrected chi connectivity index (χ4v) is 7.06. The van der Waals surface area contributed by atoms with Crippen LogP contribution in [0, 0.1) is 17.3 Å². The van der Waals surface area contributed by atoms with Crippen LogP contribution < -0.4 is 21.8 Å². The number of halogens is 1. The highest BCUT2D eigenvalue weighted by atomic mass is 35.5. The normalized spacial score (nSPS) is 24.6. The van der Waals surface area contributed by atoms with Gasteiger partial charge in [0.1, 0.15) is 17.7 Å². The summed E-state index contributed by atoms with van der Waals surface area (Å²) >= 11 is 6.22. The summed E-state index contributed by atoms with van der Waals surface area (Å²) in [7, 11) is 0. The van der Waals surface area contributed by atoms with Crippen molar-refractivity contribution in [1.82, 2.24) is 21.0 Å². The third-order valence-corrected chi connectivity index (χ3v) is 9.84. The lowest BCUT2D eigenvalue weighted by Crippen LogP contribution is -2.59. The van der Waals surface area contributed by atoms with E-state index in [9.17, 15) is 24.0 Å². The van der Waals surface area contributed by atoms with Crippen molar-refractivity contribution in [2.45, 2.75) is 109 Å². The predicted octanol–water partition coefficient (Wildman–Crippen LogP) is 3.40. The Bertz CT molecular complexity index is 1400. The summed E-state index contributed by atoms with van der Waals surface area (Å²) in [5, 5.41) is 6.29. The van der Waals surface area contributed by atoms with Gasteiger partial charge in [0.25, 0.3) is 5.91 Å². The Morgan fingerprint density at radius 2 is 1.78 bits per heavy atom. The molecule has 2 heterocycles. The molecule has 4 amide bonds. The maximum atomic E-state index is 14.5. The van der Waals surface area contributed by atoms with Gasteiger partial charge in [-0.15, -0.1) is 0 Å². The van der Waals surface area contributed by atoms with E-state index < -0.39 is 52.6 Å². The zero-order valence-corrected chi connectivity index (χ0v) is 27.7. The fraction of sp³-hybridized carbons (Fsp3) is 0.618. The summed E-state index contributed by atoms with van der Waals surface area (Å²) < 4.78 is 0. The largest absolute Gasteiger partial charge is 0.363 e. The number of primary amides is 1. The van der Waals surface area contributed by atoms with Gasteiger partial charge in [-0.2, -0.15) is 0 Å². The van der Waals surface area contributed by atoms with E-state index in [1.165, 1.54) is 11.3 Å². The number of hydrogen-bond donors (Lipinski definition) is 4. The number of likely N-dealkylation sites (tertiary alicyclic amines) is 1.